The molecule has 112 valence electrons. The number of hydrogen-bond donors (Lipinski definition) is 0. The molecule has 2 bridgehead atoms. The van der Waals surface area contributed by atoms with Gasteiger partial charge >= 0.3 is 0 Å². The average molecular weight is 302 g/mol. The minimum Gasteiger partial charge on any atom is -0.318 e. The lowest BCUT2D eigenvalue weighted by Gasteiger charge is -2.18. The van der Waals surface area contributed by atoms with Crippen LogP contribution in [0.4, 0.5) is 0 Å². The monoisotopic (exact) mass is 302 g/mol. The van der Waals surface area contributed by atoms with Crippen LogP contribution >= 0.6 is 7.80 Å². The summed E-state index contributed by atoms with van der Waals surface area (Å²) in [6, 6.07) is 4.02. The second kappa shape index (κ2) is 5.57. The maximum atomic E-state index is 12.6. The fraction of sp³-hybridized carbons (Fsp3) is 0.500. The minimum atomic E-state index is -2.20. The van der Waals surface area contributed by atoms with Gasteiger partial charge in [-0.15, -0.1) is 0 Å². The highest BCUT2D eigenvalue weighted by Gasteiger charge is 2.37. The average Bonchev–Trinajstić information content (AvgIpc) is 2.99. The van der Waals surface area contributed by atoms with Crippen molar-refractivity contribution in [1.82, 2.24) is 0 Å². The molecule has 0 saturated heterocycles. The normalized spacial score (nSPS) is 28.0. The third-order valence-electron chi connectivity index (χ3n) is 5.02. The van der Waals surface area contributed by atoms with E-state index in [1.165, 1.54) is 6.42 Å². The van der Waals surface area contributed by atoms with Gasteiger partial charge in [0.05, 0.1) is 0 Å². The van der Waals surface area contributed by atoms with Crippen molar-refractivity contribution in [2.75, 3.05) is 6.16 Å². The summed E-state index contributed by atoms with van der Waals surface area (Å²) >= 11 is 0. The second-order valence-corrected chi connectivity index (χ2v) is 8.48. The predicted octanol–water partition coefficient (Wildman–Crippen LogP) is 4.52. The lowest BCUT2D eigenvalue weighted by Crippen LogP contribution is -2.12. The van der Waals surface area contributed by atoms with Crippen LogP contribution in [0.15, 0.2) is 24.3 Å². The summed E-state index contributed by atoms with van der Waals surface area (Å²) in [5.41, 5.74) is 3.66. The first-order valence-electron chi connectivity index (χ1n) is 7.79. The summed E-state index contributed by atoms with van der Waals surface area (Å²) in [6.07, 6.45) is 7.48. The van der Waals surface area contributed by atoms with Crippen molar-refractivity contribution in [2.24, 2.45) is 17.8 Å². The van der Waals surface area contributed by atoms with Crippen LogP contribution in [-0.4, -0.2) is 11.7 Å². The molecule has 1 fully saturated rings. The molecule has 2 unspecified atom stereocenters. The summed E-state index contributed by atoms with van der Waals surface area (Å²) < 4.78 is 12.6. The zero-order valence-corrected chi connectivity index (χ0v) is 14.0. The minimum absolute atomic E-state index is 0.109. The van der Waals surface area contributed by atoms with Crippen molar-refractivity contribution < 1.29 is 9.36 Å². The van der Waals surface area contributed by atoms with Crippen molar-refractivity contribution in [1.29, 1.82) is 0 Å². The van der Waals surface area contributed by atoms with E-state index in [9.17, 15) is 9.36 Å². The standard InChI is InChI=1S/C18H23O2P/c1-11-6-12(2)17(13(3)7-11)18(19)21(20)10-16-9-14-4-5-15(16)8-14/h4-7,14-16,21H,8-10H2,1-3H3/t14-,15+,16?/m1/s1. The molecule has 1 aromatic carbocycles. The molecule has 1 saturated carbocycles. The number of carbonyl (C=O) groups excluding carboxylic acids is 1. The number of fused-ring (bicyclic) bond motifs is 2. The Morgan fingerprint density at radius 1 is 1.14 bits per heavy atom. The highest BCUT2D eigenvalue weighted by Crippen LogP contribution is 2.47. The lowest BCUT2D eigenvalue weighted by molar-refractivity contribution is 0.107. The molecule has 0 aliphatic heterocycles. The first-order valence-corrected chi connectivity index (χ1v) is 9.41. The second-order valence-electron chi connectivity index (χ2n) is 6.77. The Labute approximate surface area is 127 Å². The number of allylic oxidation sites excluding steroid dienone is 2. The fourth-order valence-corrected chi connectivity index (χ4v) is 5.94. The van der Waals surface area contributed by atoms with Crippen molar-refractivity contribution in [3.05, 3.63) is 46.5 Å². The van der Waals surface area contributed by atoms with Crippen molar-refractivity contribution in [3.63, 3.8) is 0 Å². The molecule has 0 heterocycles. The molecule has 0 amide bonds. The Morgan fingerprint density at radius 3 is 2.33 bits per heavy atom. The van der Waals surface area contributed by atoms with Gasteiger partial charge in [-0.3, -0.25) is 4.79 Å². The molecule has 2 aliphatic carbocycles. The van der Waals surface area contributed by atoms with Gasteiger partial charge in [0.15, 0.2) is 0 Å². The van der Waals surface area contributed by atoms with Gasteiger partial charge in [0.2, 0.25) is 5.52 Å². The van der Waals surface area contributed by atoms with E-state index in [0.717, 1.165) is 23.1 Å². The van der Waals surface area contributed by atoms with E-state index in [4.69, 9.17) is 0 Å². The SMILES string of the molecule is Cc1cc(C)c(C(=O)[PH](=O)CC2C[C@@H]3C=C[C@H]2C3)c(C)c1. The highest BCUT2D eigenvalue weighted by molar-refractivity contribution is 7.64. The molecule has 3 heteroatoms. The van der Waals surface area contributed by atoms with E-state index in [2.05, 4.69) is 12.2 Å². The summed E-state index contributed by atoms with van der Waals surface area (Å²) in [6.45, 7) is 5.92. The van der Waals surface area contributed by atoms with E-state index in [1.54, 1.807) is 0 Å². The Morgan fingerprint density at radius 2 is 1.81 bits per heavy atom. The first kappa shape index (κ1) is 14.8. The first-order chi connectivity index (χ1) is 9.95. The van der Waals surface area contributed by atoms with E-state index in [0.29, 0.717) is 29.5 Å². The van der Waals surface area contributed by atoms with Gasteiger partial charge in [0, 0.05) is 11.7 Å². The van der Waals surface area contributed by atoms with E-state index >= 15 is 0 Å². The maximum Gasteiger partial charge on any atom is 0.219 e. The molecule has 0 aromatic heterocycles. The molecular formula is C18H23O2P. The largest absolute Gasteiger partial charge is 0.318 e. The summed E-state index contributed by atoms with van der Waals surface area (Å²) in [4.78, 5) is 12.6. The molecule has 21 heavy (non-hydrogen) atoms. The van der Waals surface area contributed by atoms with E-state index in [-0.39, 0.29) is 5.52 Å². The molecule has 0 spiro atoms. The van der Waals surface area contributed by atoms with Gasteiger partial charge in [-0.25, -0.2) is 0 Å². The Bertz CT molecular complexity index is 622. The van der Waals surface area contributed by atoms with Crippen molar-refractivity contribution in [2.45, 2.75) is 33.6 Å². The van der Waals surface area contributed by atoms with Gasteiger partial charge in [0.25, 0.3) is 0 Å². The highest BCUT2D eigenvalue weighted by atomic mass is 31.1. The van der Waals surface area contributed by atoms with Crippen LogP contribution in [0.25, 0.3) is 0 Å². The fourth-order valence-electron chi connectivity index (χ4n) is 4.14. The summed E-state index contributed by atoms with van der Waals surface area (Å²) in [5, 5.41) is 0. The quantitative estimate of drug-likeness (QED) is 0.605. The predicted molar refractivity (Wildman–Crippen MR) is 87.7 cm³/mol. The molecule has 4 atom stereocenters. The third kappa shape index (κ3) is 2.79. The van der Waals surface area contributed by atoms with Crippen LogP contribution in [0.2, 0.25) is 0 Å². The zero-order valence-electron chi connectivity index (χ0n) is 13.0. The number of benzene rings is 1. The molecule has 0 radical (unpaired) electrons. The van der Waals surface area contributed by atoms with Crippen LogP contribution < -0.4 is 0 Å². The van der Waals surface area contributed by atoms with Crippen LogP contribution in [0.1, 0.15) is 39.9 Å². The number of aryl methyl sites for hydroxylation is 3. The summed E-state index contributed by atoms with van der Waals surface area (Å²) in [5.74, 6) is 1.70. The number of rotatable bonds is 4. The smallest absolute Gasteiger partial charge is 0.219 e. The van der Waals surface area contributed by atoms with Gasteiger partial charge < -0.3 is 4.57 Å². The van der Waals surface area contributed by atoms with Crippen LogP contribution in [0.3, 0.4) is 0 Å². The number of carbonyl (C=O) groups is 1. The van der Waals surface area contributed by atoms with Crippen molar-refractivity contribution >= 4 is 13.3 Å². The molecule has 2 nitrogen and oxygen atoms in total. The Balaban J connectivity index is 1.76. The van der Waals surface area contributed by atoms with Gasteiger partial charge in [-0.1, -0.05) is 29.8 Å². The van der Waals surface area contributed by atoms with Gasteiger partial charge in [0.1, 0.15) is 7.80 Å². The maximum absolute atomic E-state index is 12.6. The molecule has 3 rings (SSSR count). The molecule has 1 aromatic rings. The lowest BCUT2D eigenvalue weighted by atomic mass is 9.96. The van der Waals surface area contributed by atoms with E-state index < -0.39 is 7.80 Å². The van der Waals surface area contributed by atoms with E-state index in [1.807, 2.05) is 32.9 Å². The van der Waals surface area contributed by atoms with Crippen LogP contribution in [0.5, 0.6) is 0 Å². The Hall–Kier alpha value is -1.14. The Kier molecular flexibility index (Phi) is 3.92. The summed E-state index contributed by atoms with van der Waals surface area (Å²) in [7, 11) is -2.20. The number of hydrogen-bond acceptors (Lipinski definition) is 2. The van der Waals surface area contributed by atoms with Gasteiger partial charge in [-0.05, 0) is 62.5 Å². The van der Waals surface area contributed by atoms with Gasteiger partial charge in [-0.2, -0.15) is 0 Å². The molecule has 0 N–H and O–H groups in total. The molecular weight excluding hydrogens is 279 g/mol. The third-order valence-corrected chi connectivity index (χ3v) is 6.67. The topological polar surface area (TPSA) is 34.1 Å². The zero-order chi connectivity index (χ0) is 15.1. The molecule has 2 aliphatic rings. The van der Waals surface area contributed by atoms with Crippen molar-refractivity contribution in [3.8, 4) is 0 Å². The van der Waals surface area contributed by atoms with Crippen LogP contribution in [-0.2, 0) is 4.57 Å². The van der Waals surface area contributed by atoms with Crippen LogP contribution in [0, 0.1) is 38.5 Å².